The lowest BCUT2D eigenvalue weighted by Crippen LogP contribution is -2.40. The number of H-pyrrole nitrogens is 1. The summed E-state index contributed by atoms with van der Waals surface area (Å²) in [6, 6.07) is 2.15. The molecule has 7 rings (SSSR count). The predicted molar refractivity (Wildman–Crippen MR) is 132 cm³/mol. The first kappa shape index (κ1) is 20.6. The molecule has 0 atom stereocenters. The molecule has 0 spiro atoms. The van der Waals surface area contributed by atoms with Crippen LogP contribution in [0.25, 0.3) is 37.2 Å². The number of nitrogens with zero attached hydrogens (tertiary/aromatic N) is 5. The Bertz CT molecular complexity index is 1680. The quantitative estimate of drug-likeness (QED) is 0.345. The molecule has 1 saturated carbocycles. The lowest BCUT2D eigenvalue weighted by Gasteiger charge is -2.26. The maximum absolute atomic E-state index is 13.1. The van der Waals surface area contributed by atoms with Crippen molar-refractivity contribution in [2.24, 2.45) is 0 Å². The van der Waals surface area contributed by atoms with E-state index in [0.717, 1.165) is 47.0 Å². The van der Waals surface area contributed by atoms with Crippen LogP contribution in [0.3, 0.4) is 0 Å². The molecule has 0 radical (unpaired) electrons. The van der Waals surface area contributed by atoms with Crippen LogP contribution in [-0.4, -0.2) is 54.5 Å². The number of anilines is 1. The topological polar surface area (TPSA) is 131 Å². The van der Waals surface area contributed by atoms with Gasteiger partial charge < -0.3 is 20.4 Å². The van der Waals surface area contributed by atoms with Crippen molar-refractivity contribution in [2.45, 2.75) is 38.3 Å². The van der Waals surface area contributed by atoms with Gasteiger partial charge >= 0.3 is 0 Å². The van der Waals surface area contributed by atoms with Gasteiger partial charge in [-0.3, -0.25) is 14.6 Å². The summed E-state index contributed by atoms with van der Waals surface area (Å²) >= 11 is 1.47. The number of hydrogen-bond donors (Lipinski definition) is 3. The monoisotopic (exact) mass is 490 g/mol. The maximum Gasteiger partial charge on any atom is 0.261 e. The molecule has 2 aliphatic rings. The van der Waals surface area contributed by atoms with Gasteiger partial charge in [0.25, 0.3) is 5.56 Å². The van der Waals surface area contributed by atoms with Gasteiger partial charge in [-0.15, -0.1) is 11.3 Å². The number of aryl methyl sites for hydroxylation is 1. The zero-order valence-electron chi connectivity index (χ0n) is 18.7. The van der Waals surface area contributed by atoms with Crippen LogP contribution in [0.4, 0.5) is 5.69 Å². The minimum absolute atomic E-state index is 0.136. The van der Waals surface area contributed by atoms with E-state index in [1.807, 2.05) is 10.9 Å². The van der Waals surface area contributed by atoms with Gasteiger partial charge in [-0.25, -0.2) is 9.20 Å². The molecule has 12 heteroatoms. The van der Waals surface area contributed by atoms with E-state index in [4.69, 9.17) is 4.74 Å². The number of thiazole rings is 1. The molecular weight excluding hydrogens is 468 g/mol. The second-order valence-electron chi connectivity index (χ2n) is 8.99. The standard InChI is InChI=1S/C23H22N8O3S/c32-17(10-24-12-3-1-4-12)27-13-7-15-19(25-8-13)20-18(21(33)28-15)23-31(29-20)11-16(35-23)14-9-26-30-5-2-6-34-22(14)30/h7-9,11-12,24H,1-6,10H2,(H,27,32)(H,28,33). The second kappa shape index (κ2) is 7.89. The van der Waals surface area contributed by atoms with E-state index in [1.54, 1.807) is 23.0 Å². The van der Waals surface area contributed by atoms with Crippen molar-refractivity contribution in [2.75, 3.05) is 18.5 Å². The van der Waals surface area contributed by atoms with E-state index in [1.165, 1.54) is 17.8 Å². The molecule has 35 heavy (non-hydrogen) atoms. The minimum atomic E-state index is -0.249. The normalized spacial score (nSPS) is 15.9. The van der Waals surface area contributed by atoms with Crippen molar-refractivity contribution in [1.82, 2.24) is 34.7 Å². The molecule has 0 bridgehead atoms. The van der Waals surface area contributed by atoms with Gasteiger partial charge in [0.15, 0.2) is 0 Å². The van der Waals surface area contributed by atoms with Gasteiger partial charge in [0.1, 0.15) is 21.3 Å². The second-order valence-corrected chi connectivity index (χ2v) is 10.0. The van der Waals surface area contributed by atoms with E-state index in [0.29, 0.717) is 40.3 Å². The summed E-state index contributed by atoms with van der Waals surface area (Å²) in [5, 5.41) is 15.7. The highest BCUT2D eigenvalue weighted by Crippen LogP contribution is 2.38. The fourth-order valence-electron chi connectivity index (χ4n) is 4.64. The zero-order valence-corrected chi connectivity index (χ0v) is 19.5. The average Bonchev–Trinajstić information content (AvgIpc) is 3.50. The van der Waals surface area contributed by atoms with Crippen LogP contribution in [0, 0.1) is 0 Å². The summed E-state index contributed by atoms with van der Waals surface area (Å²) in [5.74, 6) is 0.617. The van der Waals surface area contributed by atoms with Crippen molar-refractivity contribution in [3.05, 3.63) is 35.0 Å². The third-order valence-corrected chi connectivity index (χ3v) is 7.78. The summed E-state index contributed by atoms with van der Waals surface area (Å²) in [5.41, 5.74) is 2.81. The number of aromatic nitrogens is 6. The van der Waals surface area contributed by atoms with Gasteiger partial charge in [0, 0.05) is 25.2 Å². The molecule has 11 nitrogen and oxygen atoms in total. The molecule has 0 saturated heterocycles. The van der Waals surface area contributed by atoms with Crippen LogP contribution in [0.5, 0.6) is 5.88 Å². The molecule has 0 aromatic carbocycles. The van der Waals surface area contributed by atoms with Crippen molar-refractivity contribution in [3.8, 4) is 16.3 Å². The van der Waals surface area contributed by atoms with E-state index in [-0.39, 0.29) is 18.0 Å². The smallest absolute Gasteiger partial charge is 0.261 e. The molecule has 5 aromatic rings. The lowest BCUT2D eigenvalue weighted by molar-refractivity contribution is -0.115. The maximum atomic E-state index is 13.1. The van der Waals surface area contributed by atoms with E-state index in [2.05, 4.69) is 30.8 Å². The van der Waals surface area contributed by atoms with Crippen molar-refractivity contribution < 1.29 is 9.53 Å². The number of fused-ring (bicyclic) bond motifs is 6. The van der Waals surface area contributed by atoms with Gasteiger partial charge in [0.2, 0.25) is 11.8 Å². The zero-order chi connectivity index (χ0) is 23.5. The van der Waals surface area contributed by atoms with Gasteiger partial charge in [-0.05, 0) is 18.9 Å². The number of aromatic amines is 1. The number of carbonyl (C=O) groups is 1. The Morgan fingerprint density at radius 3 is 3.03 bits per heavy atom. The third kappa shape index (κ3) is 3.40. The van der Waals surface area contributed by atoms with Crippen molar-refractivity contribution >= 4 is 49.7 Å². The largest absolute Gasteiger partial charge is 0.477 e. The number of ether oxygens (including phenoxy) is 1. The average molecular weight is 491 g/mol. The third-order valence-electron chi connectivity index (χ3n) is 6.65. The Balaban J connectivity index is 1.23. The minimum Gasteiger partial charge on any atom is -0.477 e. The Kier molecular flexibility index (Phi) is 4.64. The highest BCUT2D eigenvalue weighted by Gasteiger charge is 2.23. The first-order valence-electron chi connectivity index (χ1n) is 11.7. The molecule has 1 aliphatic heterocycles. The highest BCUT2D eigenvalue weighted by molar-refractivity contribution is 7.21. The van der Waals surface area contributed by atoms with Crippen LogP contribution in [0.2, 0.25) is 0 Å². The van der Waals surface area contributed by atoms with Crippen LogP contribution < -0.4 is 20.9 Å². The molecule has 6 heterocycles. The Morgan fingerprint density at radius 1 is 1.26 bits per heavy atom. The summed E-state index contributed by atoms with van der Waals surface area (Å²) in [4.78, 5) is 34.4. The molecule has 1 aliphatic carbocycles. The first-order chi connectivity index (χ1) is 17.1. The van der Waals surface area contributed by atoms with Crippen molar-refractivity contribution in [3.63, 3.8) is 0 Å². The molecular formula is C23H22N8O3S. The van der Waals surface area contributed by atoms with Crippen LogP contribution in [0.1, 0.15) is 25.7 Å². The summed E-state index contributed by atoms with van der Waals surface area (Å²) in [7, 11) is 0. The SMILES string of the molecule is O=C(CNC1CCC1)Nc1cnc2c(c1)[nH]c(=O)c1c2nn2cc(-c3cnn4c3OCCC4)sc12. The number of hydrogen-bond acceptors (Lipinski definition) is 8. The van der Waals surface area contributed by atoms with Crippen LogP contribution in [0.15, 0.2) is 29.5 Å². The Hall–Kier alpha value is -3.77. The lowest BCUT2D eigenvalue weighted by atomic mass is 9.93. The molecule has 0 unspecified atom stereocenters. The van der Waals surface area contributed by atoms with Gasteiger partial charge in [-0.2, -0.15) is 10.2 Å². The molecule has 178 valence electrons. The molecule has 5 aromatic heterocycles. The molecule has 3 N–H and O–H groups in total. The fraction of sp³-hybridized carbons (Fsp3) is 0.348. The van der Waals surface area contributed by atoms with Gasteiger partial charge in [-0.1, -0.05) is 6.42 Å². The number of amides is 1. The van der Waals surface area contributed by atoms with E-state index >= 15 is 0 Å². The van der Waals surface area contributed by atoms with Crippen LogP contribution >= 0.6 is 11.3 Å². The summed E-state index contributed by atoms with van der Waals surface area (Å²) < 4.78 is 9.41. The van der Waals surface area contributed by atoms with E-state index in [9.17, 15) is 9.59 Å². The predicted octanol–water partition coefficient (Wildman–Crippen LogP) is 2.51. The highest BCUT2D eigenvalue weighted by atomic mass is 32.1. The fourth-order valence-corrected chi connectivity index (χ4v) is 5.72. The first-order valence-corrected chi connectivity index (χ1v) is 12.5. The summed E-state index contributed by atoms with van der Waals surface area (Å²) in [6.45, 7) is 1.75. The van der Waals surface area contributed by atoms with E-state index < -0.39 is 0 Å². The number of nitrogens with one attached hydrogen (secondary N) is 3. The molecule has 1 amide bonds. The number of rotatable bonds is 5. The van der Waals surface area contributed by atoms with Gasteiger partial charge in [0.05, 0.1) is 47.2 Å². The Labute approximate surface area is 202 Å². The molecule has 1 fully saturated rings. The van der Waals surface area contributed by atoms with Crippen LogP contribution in [-0.2, 0) is 11.3 Å². The number of pyridine rings is 2. The van der Waals surface area contributed by atoms with Crippen molar-refractivity contribution in [1.29, 1.82) is 0 Å². The summed E-state index contributed by atoms with van der Waals surface area (Å²) in [6.07, 6.45) is 9.66. The number of carbonyl (C=O) groups excluding carboxylic acids is 1. The Morgan fingerprint density at radius 2 is 2.17 bits per heavy atom.